The molecule has 4 nitrogen and oxygen atoms in total. The Balaban J connectivity index is 2.33. The molecule has 1 aliphatic carbocycles. The van der Waals surface area contributed by atoms with Gasteiger partial charge in [-0.2, -0.15) is 5.26 Å². The number of nitrogens with zero attached hydrogens (tertiary/aromatic N) is 1. The standard InChI is InChI=1S/C15H27N3O/c1-11(2)12(8-9-16)6-7-15(19)18-14-5-3-4-13(14)10-17/h11-14H,3-9,16H2,1-2H3,(H,18,19). The molecule has 0 heterocycles. The number of rotatable bonds is 7. The summed E-state index contributed by atoms with van der Waals surface area (Å²) in [7, 11) is 0. The van der Waals surface area contributed by atoms with Crippen LogP contribution in [0.4, 0.5) is 0 Å². The van der Waals surface area contributed by atoms with Gasteiger partial charge in [-0.1, -0.05) is 13.8 Å². The summed E-state index contributed by atoms with van der Waals surface area (Å²) >= 11 is 0. The normalized spacial score (nSPS) is 24.2. The topological polar surface area (TPSA) is 78.9 Å². The van der Waals surface area contributed by atoms with Crippen LogP contribution >= 0.6 is 0 Å². The molecule has 4 heteroatoms. The Bertz CT molecular complexity index is 322. The average Bonchev–Trinajstić information content (AvgIpc) is 2.81. The second-order valence-electron chi connectivity index (χ2n) is 5.96. The van der Waals surface area contributed by atoms with Crippen molar-refractivity contribution in [3.05, 3.63) is 0 Å². The first kappa shape index (κ1) is 16.0. The van der Waals surface area contributed by atoms with E-state index in [4.69, 9.17) is 11.0 Å². The third-order valence-corrected chi connectivity index (χ3v) is 4.25. The van der Waals surface area contributed by atoms with Crippen molar-refractivity contribution >= 4 is 5.91 Å². The van der Waals surface area contributed by atoms with Crippen LogP contribution in [-0.2, 0) is 4.79 Å². The first-order valence-electron chi connectivity index (χ1n) is 7.47. The van der Waals surface area contributed by atoms with Gasteiger partial charge in [-0.3, -0.25) is 4.79 Å². The van der Waals surface area contributed by atoms with Crippen molar-refractivity contribution < 1.29 is 4.79 Å². The van der Waals surface area contributed by atoms with E-state index in [-0.39, 0.29) is 17.9 Å². The lowest BCUT2D eigenvalue weighted by Crippen LogP contribution is -2.37. The molecule has 1 aliphatic rings. The second-order valence-corrected chi connectivity index (χ2v) is 5.96. The molecule has 0 aromatic carbocycles. The highest BCUT2D eigenvalue weighted by molar-refractivity contribution is 5.76. The SMILES string of the molecule is CC(C)C(CCN)CCC(=O)NC1CCCC1C#N. The summed E-state index contributed by atoms with van der Waals surface area (Å²) in [5.74, 6) is 1.18. The van der Waals surface area contributed by atoms with E-state index >= 15 is 0 Å². The first-order valence-corrected chi connectivity index (χ1v) is 7.47. The summed E-state index contributed by atoms with van der Waals surface area (Å²) in [5.41, 5.74) is 5.61. The minimum absolute atomic E-state index is 0.00823. The highest BCUT2D eigenvalue weighted by atomic mass is 16.1. The third-order valence-electron chi connectivity index (χ3n) is 4.25. The van der Waals surface area contributed by atoms with Gasteiger partial charge in [0.25, 0.3) is 0 Å². The lowest BCUT2D eigenvalue weighted by Gasteiger charge is -2.21. The van der Waals surface area contributed by atoms with Crippen molar-refractivity contribution in [2.24, 2.45) is 23.5 Å². The number of amides is 1. The summed E-state index contributed by atoms with van der Waals surface area (Å²) in [6.07, 6.45) is 5.34. The van der Waals surface area contributed by atoms with E-state index in [0.29, 0.717) is 24.8 Å². The summed E-state index contributed by atoms with van der Waals surface area (Å²) in [6.45, 7) is 5.05. The zero-order valence-electron chi connectivity index (χ0n) is 12.2. The fourth-order valence-electron chi connectivity index (χ4n) is 2.91. The molecule has 0 aromatic heterocycles. The van der Waals surface area contributed by atoms with Gasteiger partial charge in [0.2, 0.25) is 5.91 Å². The maximum atomic E-state index is 11.9. The Hall–Kier alpha value is -1.08. The van der Waals surface area contributed by atoms with E-state index in [1.165, 1.54) is 0 Å². The largest absolute Gasteiger partial charge is 0.352 e. The summed E-state index contributed by atoms with van der Waals surface area (Å²) < 4.78 is 0. The number of nitrogens with one attached hydrogen (secondary N) is 1. The molecular weight excluding hydrogens is 238 g/mol. The molecule has 19 heavy (non-hydrogen) atoms. The van der Waals surface area contributed by atoms with Gasteiger partial charge in [0, 0.05) is 12.5 Å². The van der Waals surface area contributed by atoms with Crippen molar-refractivity contribution in [3.63, 3.8) is 0 Å². The Kier molecular flexibility index (Phi) is 6.86. The smallest absolute Gasteiger partial charge is 0.220 e. The number of carbonyl (C=O) groups excluding carboxylic acids is 1. The molecule has 1 saturated carbocycles. The highest BCUT2D eigenvalue weighted by Gasteiger charge is 2.28. The minimum Gasteiger partial charge on any atom is -0.352 e. The predicted molar refractivity (Wildman–Crippen MR) is 76.1 cm³/mol. The van der Waals surface area contributed by atoms with E-state index in [1.54, 1.807) is 0 Å². The Morgan fingerprint density at radius 2 is 2.16 bits per heavy atom. The monoisotopic (exact) mass is 265 g/mol. The van der Waals surface area contributed by atoms with E-state index in [0.717, 1.165) is 32.1 Å². The van der Waals surface area contributed by atoms with Gasteiger partial charge in [-0.15, -0.1) is 0 Å². The summed E-state index contributed by atoms with van der Waals surface area (Å²) in [5, 5.41) is 12.0. The van der Waals surface area contributed by atoms with Gasteiger partial charge < -0.3 is 11.1 Å². The van der Waals surface area contributed by atoms with Gasteiger partial charge in [0.1, 0.15) is 0 Å². The van der Waals surface area contributed by atoms with E-state index in [2.05, 4.69) is 25.2 Å². The van der Waals surface area contributed by atoms with Crippen molar-refractivity contribution in [2.75, 3.05) is 6.54 Å². The van der Waals surface area contributed by atoms with E-state index < -0.39 is 0 Å². The fourth-order valence-corrected chi connectivity index (χ4v) is 2.91. The van der Waals surface area contributed by atoms with Crippen LogP contribution in [0.5, 0.6) is 0 Å². The van der Waals surface area contributed by atoms with Gasteiger partial charge in [-0.25, -0.2) is 0 Å². The van der Waals surface area contributed by atoms with Crippen LogP contribution in [0.1, 0.15) is 52.4 Å². The van der Waals surface area contributed by atoms with Crippen LogP contribution in [0.2, 0.25) is 0 Å². The predicted octanol–water partition coefficient (Wildman–Crippen LogP) is 2.20. The first-order chi connectivity index (χ1) is 9.08. The maximum Gasteiger partial charge on any atom is 0.220 e. The van der Waals surface area contributed by atoms with Crippen molar-refractivity contribution in [2.45, 2.75) is 58.4 Å². The maximum absolute atomic E-state index is 11.9. The molecular formula is C15H27N3O. The average molecular weight is 265 g/mol. The Morgan fingerprint density at radius 3 is 2.74 bits per heavy atom. The zero-order chi connectivity index (χ0) is 14.3. The van der Waals surface area contributed by atoms with Gasteiger partial charge in [0.05, 0.1) is 12.0 Å². The van der Waals surface area contributed by atoms with Crippen LogP contribution in [0.15, 0.2) is 0 Å². The molecule has 0 aromatic rings. The second kappa shape index (κ2) is 8.16. The molecule has 1 rings (SSSR count). The van der Waals surface area contributed by atoms with Crippen LogP contribution in [0, 0.1) is 29.1 Å². The lowest BCUT2D eigenvalue weighted by molar-refractivity contribution is -0.122. The number of nitriles is 1. The van der Waals surface area contributed by atoms with Crippen LogP contribution < -0.4 is 11.1 Å². The quantitative estimate of drug-likeness (QED) is 0.740. The number of hydrogen-bond acceptors (Lipinski definition) is 3. The van der Waals surface area contributed by atoms with Crippen molar-refractivity contribution in [1.82, 2.24) is 5.32 Å². The van der Waals surface area contributed by atoms with E-state index in [9.17, 15) is 4.79 Å². The van der Waals surface area contributed by atoms with Gasteiger partial charge in [0.15, 0.2) is 0 Å². The molecule has 0 saturated heterocycles. The third kappa shape index (κ3) is 5.20. The van der Waals surface area contributed by atoms with Crippen LogP contribution in [-0.4, -0.2) is 18.5 Å². The lowest BCUT2D eigenvalue weighted by atomic mass is 9.88. The number of nitrogens with two attached hydrogens (primary N) is 1. The van der Waals surface area contributed by atoms with Crippen LogP contribution in [0.3, 0.4) is 0 Å². The van der Waals surface area contributed by atoms with Crippen molar-refractivity contribution in [1.29, 1.82) is 5.26 Å². The molecule has 0 radical (unpaired) electrons. The molecule has 3 unspecified atom stereocenters. The highest BCUT2D eigenvalue weighted by Crippen LogP contribution is 2.25. The van der Waals surface area contributed by atoms with Gasteiger partial charge in [-0.05, 0) is 50.5 Å². The fraction of sp³-hybridized carbons (Fsp3) is 0.867. The molecule has 108 valence electrons. The van der Waals surface area contributed by atoms with Gasteiger partial charge >= 0.3 is 0 Å². The van der Waals surface area contributed by atoms with Crippen LogP contribution in [0.25, 0.3) is 0 Å². The molecule has 1 fully saturated rings. The number of hydrogen-bond donors (Lipinski definition) is 2. The zero-order valence-corrected chi connectivity index (χ0v) is 12.2. The number of carbonyl (C=O) groups is 1. The van der Waals surface area contributed by atoms with Crippen molar-refractivity contribution in [3.8, 4) is 6.07 Å². The Morgan fingerprint density at radius 1 is 1.42 bits per heavy atom. The molecule has 0 spiro atoms. The van der Waals surface area contributed by atoms with E-state index in [1.807, 2.05) is 0 Å². The Labute approximate surface area is 116 Å². The molecule has 3 atom stereocenters. The minimum atomic E-state index is 0.00823. The molecule has 1 amide bonds. The molecule has 3 N–H and O–H groups in total. The summed E-state index contributed by atoms with van der Waals surface area (Å²) in [6, 6.07) is 2.37. The summed E-state index contributed by atoms with van der Waals surface area (Å²) in [4.78, 5) is 11.9. The molecule has 0 bridgehead atoms. The molecule has 0 aliphatic heterocycles.